The molecule has 0 radical (unpaired) electrons. The Morgan fingerprint density at radius 1 is 0.969 bits per heavy atom. The lowest BCUT2D eigenvalue weighted by molar-refractivity contribution is -0.132. The van der Waals surface area contributed by atoms with Gasteiger partial charge in [-0.3, -0.25) is 4.79 Å². The van der Waals surface area contributed by atoms with Crippen molar-refractivity contribution in [2.24, 2.45) is 0 Å². The van der Waals surface area contributed by atoms with Gasteiger partial charge >= 0.3 is 11.7 Å². The minimum Gasteiger partial charge on any atom is -0.460 e. The smallest absolute Gasteiger partial charge is 0.409 e. The highest BCUT2D eigenvalue weighted by molar-refractivity contribution is 6.07. The van der Waals surface area contributed by atoms with Crippen LogP contribution in [-0.4, -0.2) is 54.6 Å². The second kappa shape index (κ2) is 8.33. The monoisotopic (exact) mass is 440 g/mol. The van der Waals surface area contributed by atoms with E-state index >= 15 is 0 Å². The summed E-state index contributed by atoms with van der Waals surface area (Å²) >= 11 is 0. The second-order valence-corrected chi connectivity index (χ2v) is 8.29. The van der Waals surface area contributed by atoms with Gasteiger partial charge in [-0.15, -0.1) is 0 Å². The number of fused-ring (bicyclic) bond motifs is 3. The Labute approximate surface area is 185 Å². The number of rotatable bonds is 3. The molecule has 0 aliphatic carbocycles. The van der Waals surface area contributed by atoms with Gasteiger partial charge in [0.05, 0.1) is 24.0 Å². The number of benzene rings is 1. The molecule has 0 bridgehead atoms. The maximum Gasteiger partial charge on any atom is 0.409 e. The largest absolute Gasteiger partial charge is 0.460 e. The van der Waals surface area contributed by atoms with Gasteiger partial charge in [0.15, 0.2) is 0 Å². The highest BCUT2D eigenvalue weighted by Crippen LogP contribution is 2.36. The number of aryl methyl sites for hydroxylation is 4. The topological polar surface area (TPSA) is 93.2 Å². The van der Waals surface area contributed by atoms with Gasteiger partial charge in [0.2, 0.25) is 5.91 Å². The fourth-order valence-electron chi connectivity index (χ4n) is 4.45. The number of furan rings is 1. The molecule has 0 unspecified atom stereocenters. The Morgan fingerprint density at radius 3 is 2.28 bits per heavy atom. The summed E-state index contributed by atoms with van der Waals surface area (Å²) in [5.74, 6) is 0.650. The third-order valence-electron chi connectivity index (χ3n) is 6.36. The highest BCUT2D eigenvalue weighted by Gasteiger charge is 2.27. The molecule has 0 saturated carbocycles. The van der Waals surface area contributed by atoms with E-state index in [2.05, 4.69) is 0 Å². The lowest BCUT2D eigenvalue weighted by Gasteiger charge is -2.34. The molecule has 1 aliphatic rings. The summed E-state index contributed by atoms with van der Waals surface area (Å²) in [5, 5.41) is 1.75. The molecular formula is C24H28N2O6. The van der Waals surface area contributed by atoms with Crippen LogP contribution in [0.5, 0.6) is 0 Å². The molecule has 1 saturated heterocycles. The van der Waals surface area contributed by atoms with Gasteiger partial charge in [-0.2, -0.15) is 0 Å². The molecule has 1 fully saturated rings. The van der Waals surface area contributed by atoms with E-state index in [1.54, 1.807) is 16.7 Å². The van der Waals surface area contributed by atoms with E-state index in [0.29, 0.717) is 55.1 Å². The van der Waals surface area contributed by atoms with Crippen molar-refractivity contribution in [3.8, 4) is 0 Å². The zero-order chi connectivity index (χ0) is 23.2. The van der Waals surface area contributed by atoms with Gasteiger partial charge in [-0.05, 0) is 57.4 Å². The lowest BCUT2D eigenvalue weighted by Crippen LogP contribution is -2.51. The summed E-state index contributed by atoms with van der Waals surface area (Å²) in [6.45, 7) is 11.4. The summed E-state index contributed by atoms with van der Waals surface area (Å²) in [6.07, 6.45) is -0.425. The predicted octanol–water partition coefficient (Wildman–Crippen LogP) is 3.62. The average molecular weight is 440 g/mol. The standard InChI is InChI=1S/C24H28N2O6/c1-6-30-24(29)26-9-7-25(8-10-26)19(27)12-17-15(4)21-18(32-23(17)28)11-13(2)20-14(3)16(5)31-22(20)21/h11H,6-10,12H2,1-5H3. The van der Waals surface area contributed by atoms with Gasteiger partial charge in [0, 0.05) is 31.6 Å². The minimum absolute atomic E-state index is 0.0580. The maximum atomic E-state index is 13.0. The molecule has 4 rings (SSSR count). The van der Waals surface area contributed by atoms with E-state index in [9.17, 15) is 14.4 Å². The summed E-state index contributed by atoms with van der Waals surface area (Å²) in [4.78, 5) is 40.9. The van der Waals surface area contributed by atoms with Crippen LogP contribution in [0.4, 0.5) is 4.79 Å². The van der Waals surface area contributed by atoms with Crippen molar-refractivity contribution < 1.29 is 23.2 Å². The third-order valence-corrected chi connectivity index (χ3v) is 6.36. The first-order valence-corrected chi connectivity index (χ1v) is 10.9. The Hall–Kier alpha value is -3.29. The molecule has 1 aromatic carbocycles. The van der Waals surface area contributed by atoms with Crippen LogP contribution < -0.4 is 5.63 Å². The van der Waals surface area contributed by atoms with Crippen molar-refractivity contribution >= 4 is 33.9 Å². The van der Waals surface area contributed by atoms with E-state index in [4.69, 9.17) is 13.6 Å². The van der Waals surface area contributed by atoms with Gasteiger partial charge < -0.3 is 23.4 Å². The van der Waals surface area contributed by atoms with Gasteiger partial charge in [0.1, 0.15) is 16.9 Å². The molecule has 3 aromatic rings. The molecule has 170 valence electrons. The van der Waals surface area contributed by atoms with Crippen molar-refractivity contribution in [1.29, 1.82) is 0 Å². The SMILES string of the molecule is CCOC(=O)N1CCN(C(=O)Cc2c(C)c3c(cc(C)c4c(C)c(C)oc43)oc2=O)CC1. The van der Waals surface area contributed by atoms with Gasteiger partial charge in [-0.25, -0.2) is 9.59 Å². The summed E-state index contributed by atoms with van der Waals surface area (Å²) in [7, 11) is 0. The summed E-state index contributed by atoms with van der Waals surface area (Å²) in [6, 6.07) is 1.86. The Bertz CT molecular complexity index is 1280. The zero-order valence-corrected chi connectivity index (χ0v) is 19.2. The maximum absolute atomic E-state index is 13.0. The number of nitrogens with zero attached hydrogens (tertiary/aromatic N) is 2. The first kappa shape index (κ1) is 21.9. The predicted molar refractivity (Wildman–Crippen MR) is 120 cm³/mol. The minimum atomic E-state index is -0.507. The van der Waals surface area contributed by atoms with Crippen molar-refractivity contribution in [3.63, 3.8) is 0 Å². The lowest BCUT2D eigenvalue weighted by atomic mass is 9.98. The molecule has 0 N–H and O–H groups in total. The van der Waals surface area contributed by atoms with E-state index in [0.717, 1.165) is 27.7 Å². The normalized spacial score (nSPS) is 14.4. The van der Waals surface area contributed by atoms with E-state index < -0.39 is 5.63 Å². The summed E-state index contributed by atoms with van der Waals surface area (Å²) in [5.41, 5.74) is 3.72. The van der Waals surface area contributed by atoms with Crippen LogP contribution in [0.2, 0.25) is 0 Å². The number of hydrogen-bond acceptors (Lipinski definition) is 6. The van der Waals surface area contributed by atoms with Crippen LogP contribution in [-0.2, 0) is 16.0 Å². The molecule has 0 atom stereocenters. The van der Waals surface area contributed by atoms with Crippen LogP contribution in [0.15, 0.2) is 19.7 Å². The molecule has 32 heavy (non-hydrogen) atoms. The van der Waals surface area contributed by atoms with Crippen molar-refractivity contribution in [2.45, 2.75) is 41.0 Å². The second-order valence-electron chi connectivity index (χ2n) is 8.29. The number of ether oxygens (including phenoxy) is 1. The van der Waals surface area contributed by atoms with Crippen LogP contribution in [0, 0.1) is 27.7 Å². The quantitative estimate of drug-likeness (QED) is 0.578. The molecule has 0 spiro atoms. The fourth-order valence-corrected chi connectivity index (χ4v) is 4.45. The number of carbonyl (C=O) groups is 2. The first-order chi connectivity index (χ1) is 15.2. The highest BCUT2D eigenvalue weighted by atomic mass is 16.6. The summed E-state index contributed by atoms with van der Waals surface area (Å²) < 4.78 is 16.7. The fraction of sp³-hybridized carbons (Fsp3) is 0.458. The number of amides is 2. The van der Waals surface area contributed by atoms with Crippen LogP contribution in [0.3, 0.4) is 0 Å². The molecule has 2 aromatic heterocycles. The van der Waals surface area contributed by atoms with Crippen LogP contribution >= 0.6 is 0 Å². The van der Waals surface area contributed by atoms with Crippen molar-refractivity contribution in [2.75, 3.05) is 32.8 Å². The molecular weight excluding hydrogens is 412 g/mol. The third kappa shape index (κ3) is 3.63. The van der Waals surface area contributed by atoms with Gasteiger partial charge in [-0.1, -0.05) is 0 Å². The number of hydrogen-bond donors (Lipinski definition) is 0. The van der Waals surface area contributed by atoms with Crippen molar-refractivity contribution in [1.82, 2.24) is 9.80 Å². The molecule has 8 heteroatoms. The Balaban J connectivity index is 1.64. The first-order valence-electron chi connectivity index (χ1n) is 10.9. The molecule has 2 amide bonds. The molecule has 1 aliphatic heterocycles. The Morgan fingerprint density at radius 2 is 1.62 bits per heavy atom. The van der Waals surface area contributed by atoms with Gasteiger partial charge in [0.25, 0.3) is 0 Å². The van der Waals surface area contributed by atoms with E-state index in [1.165, 1.54) is 0 Å². The zero-order valence-electron chi connectivity index (χ0n) is 19.2. The average Bonchev–Trinajstić information content (AvgIpc) is 3.05. The van der Waals surface area contributed by atoms with Crippen LogP contribution in [0.25, 0.3) is 21.9 Å². The molecule has 8 nitrogen and oxygen atoms in total. The van der Waals surface area contributed by atoms with Crippen LogP contribution in [0.1, 0.15) is 34.9 Å². The number of piperazine rings is 1. The van der Waals surface area contributed by atoms with Crippen molar-refractivity contribution in [3.05, 3.63) is 44.5 Å². The molecule has 3 heterocycles. The Kier molecular flexibility index (Phi) is 5.71. The number of carbonyl (C=O) groups excluding carboxylic acids is 2. The van der Waals surface area contributed by atoms with E-state index in [1.807, 2.05) is 33.8 Å². The van der Waals surface area contributed by atoms with E-state index in [-0.39, 0.29) is 18.4 Å².